The minimum Gasteiger partial charge on any atom is -0.391 e. The second-order valence-corrected chi connectivity index (χ2v) is 5.19. The van der Waals surface area contributed by atoms with Crippen LogP contribution in [0.3, 0.4) is 0 Å². The van der Waals surface area contributed by atoms with Crippen molar-refractivity contribution in [3.8, 4) is 0 Å². The Hall–Kier alpha value is -1.39. The van der Waals surface area contributed by atoms with Gasteiger partial charge in [0.25, 0.3) is 0 Å². The number of amides is 1. The molecule has 0 spiro atoms. The summed E-state index contributed by atoms with van der Waals surface area (Å²) in [6.07, 6.45) is 0.506. The Labute approximate surface area is 106 Å². The van der Waals surface area contributed by atoms with Crippen molar-refractivity contribution in [1.29, 1.82) is 0 Å². The SMILES string of the molecule is O=C(NCC1CNCC1O)C1Cc2ccccc21. The number of benzene rings is 1. The second-order valence-electron chi connectivity index (χ2n) is 5.19. The Morgan fingerprint density at radius 3 is 2.94 bits per heavy atom. The van der Waals surface area contributed by atoms with Gasteiger partial charge in [0.1, 0.15) is 0 Å². The molecule has 1 aromatic rings. The first-order chi connectivity index (χ1) is 8.75. The third-order valence-electron chi connectivity index (χ3n) is 4.01. The maximum Gasteiger partial charge on any atom is 0.227 e. The molecule has 18 heavy (non-hydrogen) atoms. The highest BCUT2D eigenvalue weighted by atomic mass is 16.3. The van der Waals surface area contributed by atoms with Crippen LogP contribution in [0.1, 0.15) is 17.0 Å². The van der Waals surface area contributed by atoms with Crippen molar-refractivity contribution in [2.24, 2.45) is 5.92 Å². The molecule has 1 amide bonds. The lowest BCUT2D eigenvalue weighted by Crippen LogP contribution is -2.40. The highest BCUT2D eigenvalue weighted by Gasteiger charge is 2.32. The van der Waals surface area contributed by atoms with E-state index >= 15 is 0 Å². The average molecular weight is 246 g/mol. The van der Waals surface area contributed by atoms with Crippen molar-refractivity contribution >= 4 is 5.91 Å². The van der Waals surface area contributed by atoms with Crippen LogP contribution in [0.4, 0.5) is 0 Å². The van der Waals surface area contributed by atoms with Crippen LogP contribution >= 0.6 is 0 Å². The van der Waals surface area contributed by atoms with Gasteiger partial charge in [-0.3, -0.25) is 4.79 Å². The fourth-order valence-electron chi connectivity index (χ4n) is 2.78. The lowest BCUT2D eigenvalue weighted by Gasteiger charge is -2.29. The van der Waals surface area contributed by atoms with Crippen LogP contribution in [0.15, 0.2) is 24.3 Å². The Morgan fingerprint density at radius 2 is 2.22 bits per heavy atom. The van der Waals surface area contributed by atoms with Gasteiger partial charge in [0.05, 0.1) is 12.0 Å². The molecule has 96 valence electrons. The van der Waals surface area contributed by atoms with Crippen LogP contribution in [0.5, 0.6) is 0 Å². The number of hydrogen-bond acceptors (Lipinski definition) is 3. The molecule has 0 aromatic heterocycles. The molecule has 3 unspecified atom stereocenters. The number of fused-ring (bicyclic) bond motifs is 1. The lowest BCUT2D eigenvalue weighted by molar-refractivity contribution is -0.123. The van der Waals surface area contributed by atoms with Crippen LogP contribution in [0, 0.1) is 5.92 Å². The van der Waals surface area contributed by atoms with E-state index in [1.54, 1.807) is 0 Å². The Balaban J connectivity index is 1.54. The summed E-state index contributed by atoms with van der Waals surface area (Å²) in [6, 6.07) is 8.08. The molecule has 3 rings (SSSR count). The lowest BCUT2D eigenvalue weighted by atomic mass is 9.77. The predicted octanol–water partition coefficient (Wildman–Crippen LogP) is 0.0228. The van der Waals surface area contributed by atoms with Gasteiger partial charge in [0.2, 0.25) is 5.91 Å². The van der Waals surface area contributed by atoms with Crippen molar-refractivity contribution in [3.63, 3.8) is 0 Å². The normalized spacial score (nSPS) is 29.5. The molecule has 1 aliphatic heterocycles. The molecule has 0 saturated carbocycles. The molecule has 2 aliphatic rings. The average Bonchev–Trinajstić information content (AvgIpc) is 2.74. The standard InChI is InChI=1S/C14H18N2O2/c17-13-8-15-6-10(13)7-16-14(18)12-5-9-3-1-2-4-11(9)12/h1-4,10,12-13,15,17H,5-8H2,(H,16,18). The van der Waals surface area contributed by atoms with E-state index < -0.39 is 0 Å². The summed E-state index contributed by atoms with van der Waals surface area (Å²) in [5, 5.41) is 15.7. The van der Waals surface area contributed by atoms with Crippen LogP contribution in [0.2, 0.25) is 0 Å². The molecule has 1 aliphatic carbocycles. The Morgan fingerprint density at radius 1 is 1.39 bits per heavy atom. The molecule has 3 N–H and O–H groups in total. The number of aliphatic hydroxyl groups is 1. The van der Waals surface area contributed by atoms with Crippen molar-refractivity contribution < 1.29 is 9.90 Å². The minimum absolute atomic E-state index is 0.00713. The van der Waals surface area contributed by atoms with E-state index in [0.29, 0.717) is 13.1 Å². The van der Waals surface area contributed by atoms with Gasteiger partial charge in [-0.2, -0.15) is 0 Å². The van der Waals surface area contributed by atoms with E-state index in [-0.39, 0.29) is 23.8 Å². The van der Waals surface area contributed by atoms with E-state index in [4.69, 9.17) is 0 Å². The zero-order valence-corrected chi connectivity index (χ0v) is 10.2. The second kappa shape index (κ2) is 4.71. The van der Waals surface area contributed by atoms with Gasteiger partial charge in [-0.05, 0) is 17.5 Å². The summed E-state index contributed by atoms with van der Waals surface area (Å²) in [4.78, 5) is 12.0. The van der Waals surface area contributed by atoms with Crippen LogP contribution in [0.25, 0.3) is 0 Å². The first kappa shape index (κ1) is 11.7. The van der Waals surface area contributed by atoms with Crippen LogP contribution in [-0.4, -0.2) is 36.8 Å². The Kier molecular flexibility index (Phi) is 3.06. The van der Waals surface area contributed by atoms with E-state index in [1.165, 1.54) is 5.56 Å². The molecule has 4 heteroatoms. The van der Waals surface area contributed by atoms with Gasteiger partial charge in [0, 0.05) is 25.6 Å². The molecule has 1 fully saturated rings. The number of hydrogen-bond donors (Lipinski definition) is 3. The van der Waals surface area contributed by atoms with Crippen LogP contribution < -0.4 is 10.6 Å². The first-order valence-electron chi connectivity index (χ1n) is 6.50. The monoisotopic (exact) mass is 246 g/mol. The molecule has 1 heterocycles. The number of nitrogens with one attached hydrogen (secondary N) is 2. The third-order valence-corrected chi connectivity index (χ3v) is 4.01. The van der Waals surface area contributed by atoms with Crippen molar-refractivity contribution in [3.05, 3.63) is 35.4 Å². The molecular formula is C14H18N2O2. The van der Waals surface area contributed by atoms with Gasteiger partial charge < -0.3 is 15.7 Å². The number of aliphatic hydroxyl groups excluding tert-OH is 1. The quantitative estimate of drug-likeness (QED) is 0.705. The van der Waals surface area contributed by atoms with Gasteiger partial charge in [-0.25, -0.2) is 0 Å². The molecule has 4 nitrogen and oxygen atoms in total. The fraction of sp³-hybridized carbons (Fsp3) is 0.500. The van der Waals surface area contributed by atoms with E-state index in [1.807, 2.05) is 18.2 Å². The summed E-state index contributed by atoms with van der Waals surface area (Å²) >= 11 is 0. The smallest absolute Gasteiger partial charge is 0.227 e. The molecule has 1 saturated heterocycles. The summed E-state index contributed by atoms with van der Waals surface area (Å²) < 4.78 is 0. The molecule has 1 aromatic carbocycles. The first-order valence-corrected chi connectivity index (χ1v) is 6.50. The molecule has 0 bridgehead atoms. The highest BCUT2D eigenvalue weighted by Crippen LogP contribution is 2.34. The summed E-state index contributed by atoms with van der Waals surface area (Å²) in [6.45, 7) is 1.97. The zero-order valence-electron chi connectivity index (χ0n) is 10.2. The Bertz CT molecular complexity index is 461. The minimum atomic E-state index is -0.334. The van der Waals surface area contributed by atoms with E-state index in [0.717, 1.165) is 18.5 Å². The van der Waals surface area contributed by atoms with E-state index in [9.17, 15) is 9.90 Å². The third kappa shape index (κ3) is 2.02. The van der Waals surface area contributed by atoms with Gasteiger partial charge in [0.15, 0.2) is 0 Å². The van der Waals surface area contributed by atoms with Gasteiger partial charge in [-0.15, -0.1) is 0 Å². The zero-order chi connectivity index (χ0) is 12.5. The van der Waals surface area contributed by atoms with Gasteiger partial charge in [-0.1, -0.05) is 24.3 Å². The number of carbonyl (C=O) groups excluding carboxylic acids is 1. The summed E-state index contributed by atoms with van der Waals surface area (Å²) in [7, 11) is 0. The van der Waals surface area contributed by atoms with Crippen molar-refractivity contribution in [2.75, 3.05) is 19.6 Å². The molecule has 3 atom stereocenters. The summed E-state index contributed by atoms with van der Waals surface area (Å²) in [5.74, 6) is 0.241. The largest absolute Gasteiger partial charge is 0.391 e. The number of rotatable bonds is 3. The van der Waals surface area contributed by atoms with Crippen LogP contribution in [-0.2, 0) is 11.2 Å². The van der Waals surface area contributed by atoms with E-state index in [2.05, 4.69) is 16.7 Å². The maximum absolute atomic E-state index is 12.0. The maximum atomic E-state index is 12.0. The number of β-amino-alcohol motifs (C(OH)–C–C–N with tert-alkyl or cyclic N) is 1. The van der Waals surface area contributed by atoms with Crippen molar-refractivity contribution in [1.82, 2.24) is 10.6 Å². The topological polar surface area (TPSA) is 61.4 Å². The molecule has 0 radical (unpaired) electrons. The number of carbonyl (C=O) groups is 1. The molecular weight excluding hydrogens is 228 g/mol. The van der Waals surface area contributed by atoms with Gasteiger partial charge >= 0.3 is 0 Å². The summed E-state index contributed by atoms with van der Waals surface area (Å²) in [5.41, 5.74) is 2.43. The van der Waals surface area contributed by atoms with Crippen molar-refractivity contribution in [2.45, 2.75) is 18.4 Å². The predicted molar refractivity (Wildman–Crippen MR) is 68.3 cm³/mol. The highest BCUT2D eigenvalue weighted by molar-refractivity contribution is 5.86. The fourth-order valence-corrected chi connectivity index (χ4v) is 2.78.